The van der Waals surface area contributed by atoms with Crippen molar-refractivity contribution in [2.24, 2.45) is 5.73 Å². The Hall–Kier alpha value is -1.24. The van der Waals surface area contributed by atoms with Crippen LogP contribution in [0.2, 0.25) is 5.02 Å². The second kappa shape index (κ2) is 5.74. The Morgan fingerprint density at radius 2 is 2.25 bits per heavy atom. The SMILES string of the molecule is COc1c(C)cc(Cl)cc1C(N)CCC#N. The van der Waals surface area contributed by atoms with Gasteiger partial charge in [0.15, 0.2) is 0 Å². The first kappa shape index (κ1) is 12.8. The van der Waals surface area contributed by atoms with Gasteiger partial charge in [0.25, 0.3) is 0 Å². The van der Waals surface area contributed by atoms with Crippen LogP contribution in [0.4, 0.5) is 0 Å². The minimum absolute atomic E-state index is 0.216. The van der Waals surface area contributed by atoms with E-state index in [0.29, 0.717) is 17.9 Å². The molecule has 4 heteroatoms. The fourth-order valence-electron chi connectivity index (χ4n) is 1.69. The number of hydrogen-bond donors (Lipinski definition) is 1. The number of aryl methyl sites for hydroxylation is 1. The fourth-order valence-corrected chi connectivity index (χ4v) is 1.97. The van der Waals surface area contributed by atoms with Crippen LogP contribution in [0.25, 0.3) is 0 Å². The maximum absolute atomic E-state index is 8.53. The predicted molar refractivity (Wildman–Crippen MR) is 64.5 cm³/mol. The molecular weight excluding hydrogens is 224 g/mol. The molecule has 0 saturated carbocycles. The van der Waals surface area contributed by atoms with Crippen molar-refractivity contribution >= 4 is 11.6 Å². The van der Waals surface area contributed by atoms with E-state index in [1.165, 1.54) is 0 Å². The van der Waals surface area contributed by atoms with Crippen LogP contribution in [0, 0.1) is 18.3 Å². The molecule has 0 aliphatic rings. The number of methoxy groups -OCH3 is 1. The van der Waals surface area contributed by atoms with Gasteiger partial charge in [-0.2, -0.15) is 5.26 Å². The molecule has 1 atom stereocenters. The van der Waals surface area contributed by atoms with Crippen molar-refractivity contribution in [1.82, 2.24) is 0 Å². The van der Waals surface area contributed by atoms with Gasteiger partial charge in [-0.15, -0.1) is 0 Å². The van der Waals surface area contributed by atoms with Crippen LogP contribution in [0.15, 0.2) is 12.1 Å². The molecule has 0 amide bonds. The Labute approximate surface area is 101 Å². The normalized spacial score (nSPS) is 11.9. The van der Waals surface area contributed by atoms with Crippen LogP contribution in [-0.2, 0) is 0 Å². The Kier molecular flexibility index (Phi) is 4.60. The molecular formula is C12H15ClN2O. The minimum atomic E-state index is -0.216. The van der Waals surface area contributed by atoms with Crippen LogP contribution in [0.1, 0.15) is 30.0 Å². The van der Waals surface area contributed by atoms with Gasteiger partial charge in [-0.05, 0) is 31.0 Å². The molecule has 1 aromatic rings. The lowest BCUT2D eigenvalue weighted by atomic mass is 10.00. The van der Waals surface area contributed by atoms with E-state index >= 15 is 0 Å². The summed E-state index contributed by atoms with van der Waals surface area (Å²) in [6, 6.07) is 5.50. The second-order valence-electron chi connectivity index (χ2n) is 3.65. The number of ether oxygens (including phenoxy) is 1. The highest BCUT2D eigenvalue weighted by Gasteiger charge is 2.14. The third kappa shape index (κ3) is 2.88. The molecule has 0 bridgehead atoms. The summed E-state index contributed by atoms with van der Waals surface area (Å²) in [5.74, 6) is 0.759. The summed E-state index contributed by atoms with van der Waals surface area (Å²) in [5, 5.41) is 9.17. The molecule has 3 nitrogen and oxygen atoms in total. The molecule has 0 aliphatic heterocycles. The first-order valence-corrected chi connectivity index (χ1v) is 5.44. The monoisotopic (exact) mass is 238 g/mol. The molecule has 0 aromatic heterocycles. The van der Waals surface area contributed by atoms with Crippen LogP contribution >= 0.6 is 11.6 Å². The molecule has 16 heavy (non-hydrogen) atoms. The largest absolute Gasteiger partial charge is 0.496 e. The molecule has 1 rings (SSSR count). The van der Waals surface area contributed by atoms with Gasteiger partial charge in [-0.1, -0.05) is 11.6 Å². The molecule has 2 N–H and O–H groups in total. The van der Waals surface area contributed by atoms with Gasteiger partial charge in [0.1, 0.15) is 5.75 Å². The Morgan fingerprint density at radius 3 is 2.81 bits per heavy atom. The highest BCUT2D eigenvalue weighted by atomic mass is 35.5. The van der Waals surface area contributed by atoms with Gasteiger partial charge in [0, 0.05) is 23.0 Å². The first-order valence-electron chi connectivity index (χ1n) is 5.06. The third-order valence-corrected chi connectivity index (χ3v) is 2.66. The maximum atomic E-state index is 8.53. The second-order valence-corrected chi connectivity index (χ2v) is 4.08. The summed E-state index contributed by atoms with van der Waals surface area (Å²) in [7, 11) is 1.61. The van der Waals surface area contributed by atoms with E-state index in [2.05, 4.69) is 6.07 Å². The molecule has 0 radical (unpaired) electrons. The van der Waals surface area contributed by atoms with E-state index in [4.69, 9.17) is 27.3 Å². The molecule has 0 spiro atoms. The van der Waals surface area contributed by atoms with Crippen molar-refractivity contribution in [3.63, 3.8) is 0 Å². The lowest BCUT2D eigenvalue weighted by molar-refractivity contribution is 0.401. The molecule has 0 aliphatic carbocycles. The molecule has 0 fully saturated rings. The van der Waals surface area contributed by atoms with E-state index < -0.39 is 0 Å². The molecule has 86 valence electrons. The first-order chi connectivity index (χ1) is 7.60. The molecule has 1 unspecified atom stereocenters. The Balaban J connectivity index is 3.06. The lowest BCUT2D eigenvalue weighted by Crippen LogP contribution is -2.12. The zero-order valence-corrected chi connectivity index (χ0v) is 10.2. The number of nitriles is 1. The zero-order valence-electron chi connectivity index (χ0n) is 9.46. The number of benzene rings is 1. The van der Waals surface area contributed by atoms with Crippen molar-refractivity contribution in [1.29, 1.82) is 5.26 Å². The minimum Gasteiger partial charge on any atom is -0.496 e. The van der Waals surface area contributed by atoms with Crippen LogP contribution < -0.4 is 10.5 Å². The topological polar surface area (TPSA) is 59.0 Å². The van der Waals surface area contributed by atoms with Gasteiger partial charge in [-0.3, -0.25) is 0 Å². The van der Waals surface area contributed by atoms with Crippen molar-refractivity contribution in [2.75, 3.05) is 7.11 Å². The number of halogens is 1. The third-order valence-electron chi connectivity index (χ3n) is 2.44. The van der Waals surface area contributed by atoms with Crippen molar-refractivity contribution in [3.05, 3.63) is 28.3 Å². The summed E-state index contributed by atoms with van der Waals surface area (Å²) in [5.41, 5.74) is 7.83. The summed E-state index contributed by atoms with van der Waals surface area (Å²) < 4.78 is 5.31. The molecule has 1 aromatic carbocycles. The van der Waals surface area contributed by atoms with E-state index in [0.717, 1.165) is 16.9 Å². The van der Waals surface area contributed by atoms with E-state index in [1.807, 2.05) is 13.0 Å². The highest BCUT2D eigenvalue weighted by molar-refractivity contribution is 6.30. The van der Waals surface area contributed by atoms with E-state index in [-0.39, 0.29) is 6.04 Å². The van der Waals surface area contributed by atoms with E-state index in [1.54, 1.807) is 13.2 Å². The van der Waals surface area contributed by atoms with Gasteiger partial charge >= 0.3 is 0 Å². The number of hydrogen-bond acceptors (Lipinski definition) is 3. The van der Waals surface area contributed by atoms with Gasteiger partial charge < -0.3 is 10.5 Å². The van der Waals surface area contributed by atoms with E-state index in [9.17, 15) is 0 Å². The number of rotatable bonds is 4. The van der Waals surface area contributed by atoms with Crippen molar-refractivity contribution < 1.29 is 4.74 Å². The smallest absolute Gasteiger partial charge is 0.126 e. The summed E-state index contributed by atoms with van der Waals surface area (Å²) in [4.78, 5) is 0. The summed E-state index contributed by atoms with van der Waals surface area (Å²) in [6.45, 7) is 1.92. The average molecular weight is 239 g/mol. The van der Waals surface area contributed by atoms with Gasteiger partial charge in [-0.25, -0.2) is 0 Å². The number of nitrogens with two attached hydrogens (primary N) is 1. The zero-order chi connectivity index (χ0) is 12.1. The highest BCUT2D eigenvalue weighted by Crippen LogP contribution is 2.32. The van der Waals surface area contributed by atoms with Crippen molar-refractivity contribution in [3.8, 4) is 11.8 Å². The van der Waals surface area contributed by atoms with Crippen LogP contribution in [-0.4, -0.2) is 7.11 Å². The lowest BCUT2D eigenvalue weighted by Gasteiger charge is -2.17. The fraction of sp³-hybridized carbons (Fsp3) is 0.417. The predicted octanol–water partition coefficient (Wildman–Crippen LogP) is 2.96. The summed E-state index contributed by atoms with van der Waals surface area (Å²) in [6.07, 6.45) is 1.03. The average Bonchev–Trinajstić information content (AvgIpc) is 2.24. The Morgan fingerprint density at radius 1 is 1.56 bits per heavy atom. The molecule has 0 heterocycles. The van der Waals surface area contributed by atoms with Crippen LogP contribution in [0.5, 0.6) is 5.75 Å². The quantitative estimate of drug-likeness (QED) is 0.877. The van der Waals surface area contributed by atoms with Gasteiger partial charge in [0.05, 0.1) is 13.2 Å². The molecule has 0 saturated heterocycles. The van der Waals surface area contributed by atoms with Crippen LogP contribution in [0.3, 0.4) is 0 Å². The summed E-state index contributed by atoms with van der Waals surface area (Å²) >= 11 is 5.98. The van der Waals surface area contributed by atoms with Gasteiger partial charge in [0.2, 0.25) is 0 Å². The Bertz CT molecular complexity index is 412. The number of nitrogens with zero attached hydrogens (tertiary/aromatic N) is 1. The standard InChI is InChI=1S/C12H15ClN2O/c1-8-6-9(13)7-10(12(8)16-2)11(15)4-3-5-14/h6-7,11H,3-4,15H2,1-2H3. The van der Waals surface area contributed by atoms with Crippen molar-refractivity contribution in [2.45, 2.75) is 25.8 Å². The maximum Gasteiger partial charge on any atom is 0.126 e.